The topological polar surface area (TPSA) is 29.9 Å². The van der Waals surface area contributed by atoms with E-state index < -0.39 is 0 Å². The Labute approximate surface area is 116 Å². The third-order valence-electron chi connectivity index (χ3n) is 4.87. The molecule has 2 aliphatic rings. The van der Waals surface area contributed by atoms with Crippen molar-refractivity contribution < 1.29 is 0 Å². The van der Waals surface area contributed by atoms with Crippen LogP contribution >= 0.6 is 0 Å². The first kappa shape index (κ1) is 13.2. The number of hydrogen-bond acceptors (Lipinski definition) is 2. The smallest absolute Gasteiger partial charge is 0.0521 e. The summed E-state index contributed by atoms with van der Waals surface area (Å²) < 4.78 is 1.92. The molecule has 0 aromatic carbocycles. The Bertz CT molecular complexity index is 394. The van der Waals surface area contributed by atoms with Crippen LogP contribution in [0.5, 0.6) is 0 Å². The Balaban J connectivity index is 1.48. The molecular weight excluding hydrogens is 234 g/mol. The fraction of sp³-hybridized carbons (Fsp3) is 0.812. The van der Waals surface area contributed by atoms with E-state index in [0.717, 1.165) is 17.9 Å². The standard InChI is InChI=1S/C16H27N3/c1-19-12-13(10-18-19)6-7-14-4-2-3-5-15(14)11-17-16-8-9-16/h10,12,14-17H,2-9,11H2,1H3. The second kappa shape index (κ2) is 6.08. The third kappa shape index (κ3) is 3.82. The van der Waals surface area contributed by atoms with E-state index in [-0.39, 0.29) is 0 Å². The highest BCUT2D eigenvalue weighted by Crippen LogP contribution is 2.33. The van der Waals surface area contributed by atoms with Crippen molar-refractivity contribution >= 4 is 0 Å². The second-order valence-corrected chi connectivity index (χ2v) is 6.55. The molecule has 2 atom stereocenters. The molecule has 3 nitrogen and oxygen atoms in total. The third-order valence-corrected chi connectivity index (χ3v) is 4.87. The fourth-order valence-electron chi connectivity index (χ4n) is 3.49. The summed E-state index contributed by atoms with van der Waals surface area (Å²) in [4.78, 5) is 0. The van der Waals surface area contributed by atoms with Crippen LogP contribution in [0, 0.1) is 11.8 Å². The molecule has 1 aromatic heterocycles. The van der Waals surface area contributed by atoms with Crippen molar-refractivity contribution in [3.05, 3.63) is 18.0 Å². The maximum atomic E-state index is 4.27. The van der Waals surface area contributed by atoms with Gasteiger partial charge in [-0.25, -0.2) is 0 Å². The minimum atomic E-state index is 0.862. The predicted molar refractivity (Wildman–Crippen MR) is 78.0 cm³/mol. The van der Waals surface area contributed by atoms with Crippen LogP contribution in [0.1, 0.15) is 50.5 Å². The van der Waals surface area contributed by atoms with Gasteiger partial charge in [-0.1, -0.05) is 19.3 Å². The van der Waals surface area contributed by atoms with Gasteiger partial charge in [-0.2, -0.15) is 5.10 Å². The van der Waals surface area contributed by atoms with Gasteiger partial charge in [0.25, 0.3) is 0 Å². The van der Waals surface area contributed by atoms with E-state index in [4.69, 9.17) is 0 Å². The van der Waals surface area contributed by atoms with E-state index in [9.17, 15) is 0 Å². The monoisotopic (exact) mass is 261 g/mol. The molecule has 2 unspecified atom stereocenters. The lowest BCUT2D eigenvalue weighted by molar-refractivity contribution is 0.217. The zero-order valence-corrected chi connectivity index (χ0v) is 12.1. The predicted octanol–water partition coefficient (Wildman–Crippen LogP) is 2.91. The fourth-order valence-corrected chi connectivity index (χ4v) is 3.49. The van der Waals surface area contributed by atoms with E-state index in [1.165, 1.54) is 63.5 Å². The molecule has 1 heterocycles. The maximum absolute atomic E-state index is 4.27. The minimum absolute atomic E-state index is 0.862. The minimum Gasteiger partial charge on any atom is -0.314 e. The summed E-state index contributed by atoms with van der Waals surface area (Å²) in [7, 11) is 2.01. The van der Waals surface area contributed by atoms with Crippen LogP contribution in [-0.4, -0.2) is 22.4 Å². The first-order valence-corrected chi connectivity index (χ1v) is 8.02. The molecule has 3 rings (SSSR count). The average Bonchev–Trinajstić information content (AvgIpc) is 3.17. The van der Waals surface area contributed by atoms with E-state index in [1.54, 1.807) is 0 Å². The molecule has 0 amide bonds. The molecule has 0 aliphatic heterocycles. The Morgan fingerprint density at radius 3 is 2.68 bits per heavy atom. The van der Waals surface area contributed by atoms with Crippen molar-refractivity contribution in [3.8, 4) is 0 Å². The molecule has 3 heteroatoms. The van der Waals surface area contributed by atoms with Gasteiger partial charge in [-0.15, -0.1) is 0 Å². The van der Waals surface area contributed by atoms with E-state index in [2.05, 4.69) is 16.6 Å². The summed E-state index contributed by atoms with van der Waals surface area (Å²) in [5.41, 5.74) is 1.40. The van der Waals surface area contributed by atoms with Crippen LogP contribution in [0.3, 0.4) is 0 Å². The molecule has 0 radical (unpaired) electrons. The molecule has 0 spiro atoms. The summed E-state index contributed by atoms with van der Waals surface area (Å²) >= 11 is 0. The molecule has 2 fully saturated rings. The van der Waals surface area contributed by atoms with Gasteiger partial charge in [0.15, 0.2) is 0 Å². The Kier molecular flexibility index (Phi) is 4.21. The SMILES string of the molecule is Cn1cc(CCC2CCCCC2CNC2CC2)cn1. The van der Waals surface area contributed by atoms with E-state index in [1.807, 2.05) is 17.9 Å². The van der Waals surface area contributed by atoms with Crippen molar-refractivity contribution in [2.45, 2.75) is 57.4 Å². The van der Waals surface area contributed by atoms with Crippen molar-refractivity contribution in [3.63, 3.8) is 0 Å². The molecule has 2 saturated carbocycles. The summed E-state index contributed by atoms with van der Waals surface area (Å²) in [5.74, 6) is 1.85. The number of aromatic nitrogens is 2. The highest BCUT2D eigenvalue weighted by atomic mass is 15.2. The van der Waals surface area contributed by atoms with Gasteiger partial charge in [-0.05, 0) is 56.0 Å². The van der Waals surface area contributed by atoms with Crippen molar-refractivity contribution in [1.82, 2.24) is 15.1 Å². The number of aryl methyl sites for hydroxylation is 2. The van der Waals surface area contributed by atoms with Crippen LogP contribution in [0.15, 0.2) is 12.4 Å². The van der Waals surface area contributed by atoms with Gasteiger partial charge in [-0.3, -0.25) is 4.68 Å². The van der Waals surface area contributed by atoms with Crippen molar-refractivity contribution in [2.24, 2.45) is 18.9 Å². The normalized spacial score (nSPS) is 27.6. The summed E-state index contributed by atoms with van der Waals surface area (Å²) in [6.07, 6.45) is 15.3. The van der Waals surface area contributed by atoms with Crippen molar-refractivity contribution in [2.75, 3.05) is 6.54 Å². The van der Waals surface area contributed by atoms with Crippen LogP contribution < -0.4 is 5.32 Å². The first-order valence-electron chi connectivity index (χ1n) is 8.02. The zero-order valence-electron chi connectivity index (χ0n) is 12.1. The quantitative estimate of drug-likeness (QED) is 0.853. The lowest BCUT2D eigenvalue weighted by Gasteiger charge is -2.32. The number of hydrogen-bond donors (Lipinski definition) is 1. The van der Waals surface area contributed by atoms with Crippen LogP contribution in [0.4, 0.5) is 0 Å². The number of rotatable bonds is 6. The molecule has 0 saturated heterocycles. The molecule has 2 aliphatic carbocycles. The highest BCUT2D eigenvalue weighted by Gasteiger charge is 2.27. The second-order valence-electron chi connectivity index (χ2n) is 6.55. The van der Waals surface area contributed by atoms with Gasteiger partial charge < -0.3 is 5.32 Å². The van der Waals surface area contributed by atoms with E-state index in [0.29, 0.717) is 0 Å². The van der Waals surface area contributed by atoms with Crippen LogP contribution in [0.25, 0.3) is 0 Å². The number of nitrogens with zero attached hydrogens (tertiary/aromatic N) is 2. The number of nitrogens with one attached hydrogen (secondary N) is 1. The summed E-state index contributed by atoms with van der Waals surface area (Å²) in [6, 6.07) is 0.862. The summed E-state index contributed by atoms with van der Waals surface area (Å²) in [5, 5.41) is 8.01. The Hall–Kier alpha value is -0.830. The van der Waals surface area contributed by atoms with Gasteiger partial charge in [0, 0.05) is 19.3 Å². The van der Waals surface area contributed by atoms with Gasteiger partial charge in [0.05, 0.1) is 6.20 Å². The van der Waals surface area contributed by atoms with Crippen LogP contribution in [0.2, 0.25) is 0 Å². The lowest BCUT2D eigenvalue weighted by Crippen LogP contribution is -2.32. The molecule has 19 heavy (non-hydrogen) atoms. The van der Waals surface area contributed by atoms with Gasteiger partial charge in [0.1, 0.15) is 0 Å². The summed E-state index contributed by atoms with van der Waals surface area (Å²) in [6.45, 7) is 1.27. The molecule has 106 valence electrons. The lowest BCUT2D eigenvalue weighted by atomic mass is 9.76. The van der Waals surface area contributed by atoms with Crippen LogP contribution in [-0.2, 0) is 13.5 Å². The van der Waals surface area contributed by atoms with Gasteiger partial charge >= 0.3 is 0 Å². The average molecular weight is 261 g/mol. The molecule has 0 bridgehead atoms. The maximum Gasteiger partial charge on any atom is 0.0521 e. The van der Waals surface area contributed by atoms with E-state index >= 15 is 0 Å². The van der Waals surface area contributed by atoms with Crippen molar-refractivity contribution in [1.29, 1.82) is 0 Å². The van der Waals surface area contributed by atoms with Gasteiger partial charge in [0.2, 0.25) is 0 Å². The first-order chi connectivity index (χ1) is 9.31. The Morgan fingerprint density at radius 2 is 2.00 bits per heavy atom. The molecule has 1 aromatic rings. The highest BCUT2D eigenvalue weighted by molar-refractivity contribution is 5.04. The molecule has 1 N–H and O–H groups in total. The molecular formula is C16H27N3. The largest absolute Gasteiger partial charge is 0.314 e. The Morgan fingerprint density at radius 1 is 1.21 bits per heavy atom. The zero-order chi connectivity index (χ0) is 13.1.